The molecule has 5 heteroatoms. The van der Waals surface area contributed by atoms with Gasteiger partial charge in [-0.1, -0.05) is 0 Å². The summed E-state index contributed by atoms with van der Waals surface area (Å²) in [5.74, 6) is 1.51. The molecule has 0 fully saturated rings. The molecule has 1 aromatic carbocycles. The first-order valence-corrected chi connectivity index (χ1v) is 5.97. The number of nitrogen functional groups attached to an aromatic ring is 1. The minimum atomic E-state index is 0.553. The summed E-state index contributed by atoms with van der Waals surface area (Å²) in [5, 5.41) is 2.48. The van der Waals surface area contributed by atoms with Gasteiger partial charge in [-0.05, 0) is 18.6 Å². The second kappa shape index (κ2) is 4.63. The van der Waals surface area contributed by atoms with Gasteiger partial charge in [0.2, 0.25) is 0 Å². The highest BCUT2D eigenvalue weighted by Gasteiger charge is 2.14. The highest BCUT2D eigenvalue weighted by atomic mass is 32.1. The van der Waals surface area contributed by atoms with E-state index in [1.54, 1.807) is 14.2 Å². The van der Waals surface area contributed by atoms with Gasteiger partial charge < -0.3 is 15.2 Å². The zero-order chi connectivity index (χ0) is 12.4. The molecule has 0 amide bonds. The van der Waals surface area contributed by atoms with Crippen molar-refractivity contribution in [1.29, 1.82) is 0 Å². The standard InChI is InChI=1S/C12H14N2O2S/c1-7-4-8(15-2)5-10(16-3)11(7)9-6-17-12(13)14-9/h4-6H,1-3H3,(H2,13,14). The normalized spacial score (nSPS) is 10.3. The van der Waals surface area contributed by atoms with Gasteiger partial charge in [-0.3, -0.25) is 0 Å². The number of benzene rings is 1. The second-order valence-corrected chi connectivity index (χ2v) is 4.48. The summed E-state index contributed by atoms with van der Waals surface area (Å²) in [6.07, 6.45) is 0. The van der Waals surface area contributed by atoms with Gasteiger partial charge in [-0.2, -0.15) is 0 Å². The summed E-state index contributed by atoms with van der Waals surface area (Å²) < 4.78 is 10.6. The average Bonchev–Trinajstić information content (AvgIpc) is 2.74. The highest BCUT2D eigenvalue weighted by molar-refractivity contribution is 7.13. The maximum atomic E-state index is 5.66. The van der Waals surface area contributed by atoms with Crippen molar-refractivity contribution in [3.05, 3.63) is 23.1 Å². The van der Waals surface area contributed by atoms with Crippen LogP contribution in [0.15, 0.2) is 17.5 Å². The molecule has 4 nitrogen and oxygen atoms in total. The quantitative estimate of drug-likeness (QED) is 0.910. The van der Waals surface area contributed by atoms with Gasteiger partial charge in [-0.25, -0.2) is 4.98 Å². The largest absolute Gasteiger partial charge is 0.497 e. The van der Waals surface area contributed by atoms with Gasteiger partial charge in [0.25, 0.3) is 0 Å². The van der Waals surface area contributed by atoms with Crippen molar-refractivity contribution in [3.8, 4) is 22.8 Å². The first kappa shape index (κ1) is 11.7. The summed E-state index contributed by atoms with van der Waals surface area (Å²) >= 11 is 1.42. The molecule has 0 radical (unpaired) electrons. The Morgan fingerprint density at radius 2 is 2.00 bits per heavy atom. The second-order valence-electron chi connectivity index (χ2n) is 3.59. The number of methoxy groups -OCH3 is 2. The number of aryl methyl sites for hydroxylation is 1. The molecule has 0 saturated heterocycles. The van der Waals surface area contributed by atoms with Crippen LogP contribution in [0.3, 0.4) is 0 Å². The lowest BCUT2D eigenvalue weighted by molar-refractivity contribution is 0.395. The van der Waals surface area contributed by atoms with Crippen LogP contribution in [0.2, 0.25) is 0 Å². The van der Waals surface area contributed by atoms with Gasteiger partial charge in [-0.15, -0.1) is 11.3 Å². The van der Waals surface area contributed by atoms with Crippen molar-refractivity contribution >= 4 is 16.5 Å². The van der Waals surface area contributed by atoms with Crippen LogP contribution < -0.4 is 15.2 Å². The van der Waals surface area contributed by atoms with Gasteiger partial charge in [0.05, 0.1) is 19.9 Å². The fourth-order valence-corrected chi connectivity index (χ4v) is 2.29. The number of anilines is 1. The van der Waals surface area contributed by atoms with Gasteiger partial charge in [0, 0.05) is 17.0 Å². The molecule has 0 saturated carbocycles. The summed E-state index contributed by atoms with van der Waals surface area (Å²) in [6.45, 7) is 2.00. The molecule has 0 atom stereocenters. The molecular weight excluding hydrogens is 236 g/mol. The summed E-state index contributed by atoms with van der Waals surface area (Å²) in [7, 11) is 3.27. The monoisotopic (exact) mass is 250 g/mol. The van der Waals surface area contributed by atoms with E-state index >= 15 is 0 Å². The lowest BCUT2D eigenvalue weighted by Gasteiger charge is -2.11. The van der Waals surface area contributed by atoms with Gasteiger partial charge in [0.1, 0.15) is 11.5 Å². The number of nitrogens with two attached hydrogens (primary N) is 1. The fraction of sp³-hybridized carbons (Fsp3) is 0.250. The molecule has 0 unspecified atom stereocenters. The Hall–Kier alpha value is -1.75. The molecule has 17 heavy (non-hydrogen) atoms. The van der Waals surface area contributed by atoms with Crippen LogP contribution in [0.25, 0.3) is 11.3 Å². The van der Waals surface area contributed by atoms with Crippen LogP contribution >= 0.6 is 11.3 Å². The van der Waals surface area contributed by atoms with E-state index < -0.39 is 0 Å². The van der Waals surface area contributed by atoms with Crippen molar-refractivity contribution in [2.75, 3.05) is 20.0 Å². The van der Waals surface area contributed by atoms with E-state index in [0.717, 1.165) is 28.3 Å². The van der Waals surface area contributed by atoms with E-state index in [1.165, 1.54) is 11.3 Å². The molecule has 0 aliphatic rings. The van der Waals surface area contributed by atoms with E-state index in [9.17, 15) is 0 Å². The first-order chi connectivity index (χ1) is 8.15. The Morgan fingerprint density at radius 1 is 1.24 bits per heavy atom. The average molecular weight is 250 g/mol. The van der Waals surface area contributed by atoms with E-state index in [4.69, 9.17) is 15.2 Å². The Labute approximate surface area is 104 Å². The maximum absolute atomic E-state index is 5.66. The molecule has 0 aliphatic carbocycles. The zero-order valence-corrected chi connectivity index (χ0v) is 10.8. The Morgan fingerprint density at radius 3 is 2.53 bits per heavy atom. The molecule has 1 aromatic heterocycles. The van der Waals surface area contributed by atoms with Crippen molar-refractivity contribution in [2.24, 2.45) is 0 Å². The molecule has 90 valence electrons. The number of nitrogens with zero attached hydrogens (tertiary/aromatic N) is 1. The molecule has 0 spiro atoms. The van der Waals surface area contributed by atoms with Crippen LogP contribution in [-0.4, -0.2) is 19.2 Å². The van der Waals surface area contributed by atoms with E-state index in [0.29, 0.717) is 5.13 Å². The highest BCUT2D eigenvalue weighted by Crippen LogP contribution is 2.37. The van der Waals surface area contributed by atoms with Gasteiger partial charge >= 0.3 is 0 Å². The third-order valence-corrected chi connectivity index (χ3v) is 3.18. The molecule has 2 aromatic rings. The van der Waals surface area contributed by atoms with Crippen molar-refractivity contribution in [2.45, 2.75) is 6.92 Å². The number of hydrogen-bond acceptors (Lipinski definition) is 5. The van der Waals surface area contributed by atoms with Gasteiger partial charge in [0.15, 0.2) is 5.13 Å². The maximum Gasteiger partial charge on any atom is 0.180 e. The molecular formula is C12H14N2O2S. The van der Waals surface area contributed by atoms with Crippen molar-refractivity contribution in [1.82, 2.24) is 4.98 Å². The Balaban J connectivity index is 2.60. The molecule has 0 bridgehead atoms. The lowest BCUT2D eigenvalue weighted by atomic mass is 10.0. The topological polar surface area (TPSA) is 57.4 Å². The third kappa shape index (κ3) is 2.19. The smallest absolute Gasteiger partial charge is 0.180 e. The predicted molar refractivity (Wildman–Crippen MR) is 69.8 cm³/mol. The number of ether oxygens (including phenoxy) is 2. The fourth-order valence-electron chi connectivity index (χ4n) is 1.73. The number of thiazole rings is 1. The first-order valence-electron chi connectivity index (χ1n) is 5.09. The SMILES string of the molecule is COc1cc(C)c(-c2csc(N)n2)c(OC)c1. The van der Waals surface area contributed by atoms with Crippen LogP contribution in [0.5, 0.6) is 11.5 Å². The number of rotatable bonds is 3. The summed E-state index contributed by atoms with van der Waals surface area (Å²) in [6, 6.07) is 3.80. The van der Waals surface area contributed by atoms with Crippen LogP contribution in [-0.2, 0) is 0 Å². The number of aromatic nitrogens is 1. The lowest BCUT2D eigenvalue weighted by Crippen LogP contribution is -1.94. The Kier molecular flexibility index (Phi) is 3.19. The van der Waals surface area contributed by atoms with Crippen LogP contribution in [0.4, 0.5) is 5.13 Å². The molecule has 2 N–H and O–H groups in total. The van der Waals surface area contributed by atoms with E-state index in [-0.39, 0.29) is 0 Å². The third-order valence-electron chi connectivity index (χ3n) is 2.51. The van der Waals surface area contributed by atoms with Crippen molar-refractivity contribution in [3.63, 3.8) is 0 Å². The minimum Gasteiger partial charge on any atom is -0.497 e. The van der Waals surface area contributed by atoms with Crippen LogP contribution in [0, 0.1) is 6.92 Å². The van der Waals surface area contributed by atoms with Crippen LogP contribution in [0.1, 0.15) is 5.56 Å². The van der Waals surface area contributed by atoms with E-state index in [1.807, 2.05) is 24.4 Å². The zero-order valence-electron chi connectivity index (χ0n) is 9.98. The Bertz CT molecular complexity index is 537. The van der Waals surface area contributed by atoms with Crippen molar-refractivity contribution < 1.29 is 9.47 Å². The predicted octanol–water partition coefficient (Wildman–Crippen LogP) is 2.72. The van der Waals surface area contributed by atoms with E-state index in [2.05, 4.69) is 4.98 Å². The summed E-state index contributed by atoms with van der Waals surface area (Å²) in [5.41, 5.74) is 8.50. The molecule has 1 heterocycles. The summed E-state index contributed by atoms with van der Waals surface area (Å²) in [4.78, 5) is 4.28. The molecule has 0 aliphatic heterocycles. The molecule has 2 rings (SSSR count). The minimum absolute atomic E-state index is 0.553. The number of hydrogen-bond donors (Lipinski definition) is 1.